The Morgan fingerprint density at radius 1 is 1.14 bits per heavy atom. The molecule has 0 bridgehead atoms. The molecule has 1 aliphatic heterocycles. The Kier molecular flexibility index (Phi) is 7.29. The number of likely N-dealkylation sites (N-methyl/N-ethyl adjacent to an activating group) is 1. The quantitative estimate of drug-likeness (QED) is 0.635. The number of anilines is 2. The summed E-state index contributed by atoms with van der Waals surface area (Å²) in [6, 6.07) is 12.9. The van der Waals surface area contributed by atoms with Gasteiger partial charge < -0.3 is 15.1 Å². The van der Waals surface area contributed by atoms with Crippen molar-refractivity contribution in [3.05, 3.63) is 57.5 Å². The van der Waals surface area contributed by atoms with Crippen molar-refractivity contribution in [2.24, 2.45) is 0 Å². The third kappa shape index (κ3) is 5.03. The smallest absolute Gasteiger partial charge is 0.258 e. The van der Waals surface area contributed by atoms with Crippen LogP contribution in [0, 0.1) is 0 Å². The topological polar surface area (TPSA) is 47.6 Å². The van der Waals surface area contributed by atoms with E-state index in [1.807, 2.05) is 30.3 Å². The van der Waals surface area contributed by atoms with E-state index in [1.165, 1.54) is 0 Å². The third-order valence-electron chi connectivity index (χ3n) is 4.72. The zero-order valence-corrected chi connectivity index (χ0v) is 18.7. The molecule has 148 valence electrons. The molecule has 28 heavy (non-hydrogen) atoms. The largest absolute Gasteiger partial charge is 0.366 e. The average molecular weight is 482 g/mol. The molecule has 2 N–H and O–H groups in total. The zero-order valence-electron chi connectivity index (χ0n) is 15.5. The van der Waals surface area contributed by atoms with Gasteiger partial charge in [-0.15, -0.1) is 0 Å². The molecule has 1 saturated heterocycles. The SMILES string of the molecule is CCN1CCN(c2c(Cl)cccc2NC(=S)NC(=O)c2ccccc2Br)CC1. The molecule has 0 saturated carbocycles. The first-order valence-electron chi connectivity index (χ1n) is 9.12. The highest BCUT2D eigenvalue weighted by molar-refractivity contribution is 9.10. The molecule has 0 spiro atoms. The maximum atomic E-state index is 12.5. The summed E-state index contributed by atoms with van der Waals surface area (Å²) >= 11 is 15.3. The van der Waals surface area contributed by atoms with Gasteiger partial charge in [-0.3, -0.25) is 10.1 Å². The number of rotatable bonds is 4. The Bertz CT molecular complexity index is 871. The fourth-order valence-corrected chi connectivity index (χ4v) is 4.16. The molecule has 0 atom stereocenters. The molecular weight excluding hydrogens is 460 g/mol. The number of amides is 1. The molecule has 8 heteroatoms. The fourth-order valence-electron chi connectivity index (χ4n) is 3.19. The number of nitrogens with zero attached hydrogens (tertiary/aromatic N) is 2. The first-order valence-corrected chi connectivity index (χ1v) is 10.7. The molecule has 0 unspecified atom stereocenters. The summed E-state index contributed by atoms with van der Waals surface area (Å²) in [4.78, 5) is 17.1. The molecule has 1 heterocycles. The van der Waals surface area contributed by atoms with E-state index < -0.39 is 0 Å². The standard InChI is InChI=1S/C20H22BrClN4OS/c1-2-25-10-12-26(13-11-25)18-16(22)8-5-9-17(18)23-20(28)24-19(27)14-6-3-4-7-15(14)21/h3-9H,2,10-13H2,1H3,(H2,23,24,27,28). The van der Waals surface area contributed by atoms with E-state index >= 15 is 0 Å². The predicted octanol–water partition coefficient (Wildman–Crippen LogP) is 4.37. The first kappa shape index (κ1) is 21.0. The van der Waals surface area contributed by atoms with Crippen molar-refractivity contribution < 1.29 is 4.79 Å². The summed E-state index contributed by atoms with van der Waals surface area (Å²) in [6.07, 6.45) is 0. The van der Waals surface area contributed by atoms with Gasteiger partial charge in [0.2, 0.25) is 0 Å². The molecule has 0 aromatic heterocycles. The lowest BCUT2D eigenvalue weighted by atomic mass is 10.2. The lowest BCUT2D eigenvalue weighted by Crippen LogP contribution is -2.46. The lowest BCUT2D eigenvalue weighted by Gasteiger charge is -2.37. The second kappa shape index (κ2) is 9.69. The van der Waals surface area contributed by atoms with Gasteiger partial charge in [-0.05, 0) is 59.0 Å². The molecule has 1 aliphatic rings. The maximum Gasteiger partial charge on any atom is 0.258 e. The maximum absolute atomic E-state index is 12.5. The van der Waals surface area contributed by atoms with E-state index in [9.17, 15) is 4.79 Å². The van der Waals surface area contributed by atoms with Gasteiger partial charge >= 0.3 is 0 Å². The number of carbonyl (C=O) groups is 1. The number of nitrogens with one attached hydrogen (secondary N) is 2. The van der Waals surface area contributed by atoms with Crippen molar-refractivity contribution in [1.29, 1.82) is 0 Å². The first-order chi connectivity index (χ1) is 13.5. The van der Waals surface area contributed by atoms with Gasteiger partial charge in [-0.2, -0.15) is 0 Å². The van der Waals surface area contributed by atoms with Gasteiger partial charge in [0.15, 0.2) is 5.11 Å². The molecule has 1 amide bonds. The second-order valence-corrected chi connectivity index (χ2v) is 8.12. The van der Waals surface area contributed by atoms with Crippen LogP contribution in [-0.4, -0.2) is 48.6 Å². The van der Waals surface area contributed by atoms with Crippen LogP contribution >= 0.6 is 39.7 Å². The van der Waals surface area contributed by atoms with Gasteiger partial charge in [-0.1, -0.05) is 36.7 Å². The van der Waals surface area contributed by atoms with Crippen LogP contribution in [0.1, 0.15) is 17.3 Å². The van der Waals surface area contributed by atoms with Gasteiger partial charge in [0.25, 0.3) is 5.91 Å². The number of thiocarbonyl (C=S) groups is 1. The van der Waals surface area contributed by atoms with Crippen LogP contribution in [0.15, 0.2) is 46.9 Å². The van der Waals surface area contributed by atoms with Crippen molar-refractivity contribution in [3.63, 3.8) is 0 Å². The number of hydrogen-bond donors (Lipinski definition) is 2. The minimum atomic E-state index is -0.273. The van der Waals surface area contributed by atoms with Crippen LogP contribution in [0.4, 0.5) is 11.4 Å². The number of carbonyl (C=O) groups excluding carboxylic acids is 1. The Labute approximate surface area is 184 Å². The van der Waals surface area contributed by atoms with Crippen LogP contribution < -0.4 is 15.5 Å². The Morgan fingerprint density at radius 3 is 2.54 bits per heavy atom. The van der Waals surface area contributed by atoms with E-state index in [4.69, 9.17) is 23.8 Å². The molecule has 3 rings (SSSR count). The molecule has 0 radical (unpaired) electrons. The monoisotopic (exact) mass is 480 g/mol. The summed E-state index contributed by atoms with van der Waals surface area (Å²) in [5.74, 6) is -0.273. The highest BCUT2D eigenvalue weighted by Crippen LogP contribution is 2.34. The number of hydrogen-bond acceptors (Lipinski definition) is 4. The summed E-state index contributed by atoms with van der Waals surface area (Å²) in [7, 11) is 0. The Hall–Kier alpha value is -1.67. The lowest BCUT2D eigenvalue weighted by molar-refractivity contribution is 0.0977. The molecule has 5 nitrogen and oxygen atoms in total. The van der Waals surface area contributed by atoms with E-state index in [0.717, 1.165) is 44.1 Å². The minimum Gasteiger partial charge on any atom is -0.366 e. The summed E-state index contributed by atoms with van der Waals surface area (Å²) in [6.45, 7) is 6.98. The van der Waals surface area contributed by atoms with Crippen LogP contribution in [0.25, 0.3) is 0 Å². The highest BCUT2D eigenvalue weighted by Gasteiger charge is 2.21. The summed E-state index contributed by atoms with van der Waals surface area (Å²) in [5.41, 5.74) is 2.22. The van der Waals surface area contributed by atoms with E-state index in [2.05, 4.69) is 43.3 Å². The van der Waals surface area contributed by atoms with Crippen molar-refractivity contribution in [2.75, 3.05) is 42.9 Å². The Morgan fingerprint density at radius 2 is 1.86 bits per heavy atom. The zero-order chi connectivity index (χ0) is 20.1. The average Bonchev–Trinajstić information content (AvgIpc) is 2.68. The predicted molar refractivity (Wildman–Crippen MR) is 124 cm³/mol. The fraction of sp³-hybridized carbons (Fsp3) is 0.300. The number of halogens is 2. The number of para-hydroxylation sites is 1. The summed E-state index contributed by atoms with van der Waals surface area (Å²) in [5, 5.41) is 6.77. The van der Waals surface area contributed by atoms with Crippen LogP contribution in [0.3, 0.4) is 0 Å². The molecule has 0 aliphatic carbocycles. The van der Waals surface area contributed by atoms with Crippen LogP contribution in [0.2, 0.25) is 5.02 Å². The van der Waals surface area contributed by atoms with E-state index in [-0.39, 0.29) is 11.0 Å². The number of benzene rings is 2. The second-order valence-electron chi connectivity index (χ2n) is 6.45. The molecule has 2 aromatic carbocycles. The normalized spacial score (nSPS) is 14.6. The molecule has 2 aromatic rings. The van der Waals surface area contributed by atoms with Gasteiger partial charge in [0, 0.05) is 30.7 Å². The van der Waals surface area contributed by atoms with Crippen molar-refractivity contribution >= 4 is 62.1 Å². The van der Waals surface area contributed by atoms with Crippen LogP contribution in [-0.2, 0) is 0 Å². The van der Waals surface area contributed by atoms with Crippen molar-refractivity contribution in [3.8, 4) is 0 Å². The van der Waals surface area contributed by atoms with E-state index in [0.29, 0.717) is 15.1 Å². The van der Waals surface area contributed by atoms with Crippen molar-refractivity contribution in [1.82, 2.24) is 10.2 Å². The third-order valence-corrected chi connectivity index (χ3v) is 5.92. The van der Waals surface area contributed by atoms with Crippen LogP contribution in [0.5, 0.6) is 0 Å². The molecular formula is C20H22BrClN4OS. The van der Waals surface area contributed by atoms with Gasteiger partial charge in [0.05, 0.1) is 22.0 Å². The number of piperazine rings is 1. The highest BCUT2D eigenvalue weighted by atomic mass is 79.9. The van der Waals surface area contributed by atoms with Gasteiger partial charge in [-0.25, -0.2) is 0 Å². The van der Waals surface area contributed by atoms with E-state index in [1.54, 1.807) is 12.1 Å². The molecule has 1 fully saturated rings. The van der Waals surface area contributed by atoms with Gasteiger partial charge in [0.1, 0.15) is 0 Å². The Balaban J connectivity index is 1.72. The summed E-state index contributed by atoms with van der Waals surface area (Å²) < 4.78 is 0.715. The minimum absolute atomic E-state index is 0.233. The van der Waals surface area contributed by atoms with Crippen molar-refractivity contribution in [2.45, 2.75) is 6.92 Å².